The molecule has 0 saturated carbocycles. The molecule has 1 aliphatic heterocycles. The molecule has 1 aromatic carbocycles. The van der Waals surface area contributed by atoms with E-state index < -0.39 is 11.9 Å². The second kappa shape index (κ2) is 5.81. The highest BCUT2D eigenvalue weighted by atomic mass is 35.5. The van der Waals surface area contributed by atoms with E-state index in [1.165, 1.54) is 17.0 Å². The van der Waals surface area contributed by atoms with Crippen LogP contribution in [0.1, 0.15) is 16.9 Å². The second-order valence-corrected chi connectivity index (χ2v) is 5.39. The lowest BCUT2D eigenvalue weighted by Gasteiger charge is -2.17. The van der Waals surface area contributed by atoms with Crippen LogP contribution in [-0.2, 0) is 4.79 Å². The van der Waals surface area contributed by atoms with Crippen LogP contribution in [-0.4, -0.2) is 29.4 Å². The van der Waals surface area contributed by atoms with Crippen LogP contribution in [0, 0.1) is 5.82 Å². The van der Waals surface area contributed by atoms with Crippen LogP contribution in [0.3, 0.4) is 0 Å². The molecule has 1 saturated heterocycles. The molecule has 22 heavy (non-hydrogen) atoms. The zero-order valence-electron chi connectivity index (χ0n) is 11.5. The van der Waals surface area contributed by atoms with E-state index in [9.17, 15) is 14.0 Å². The largest absolute Gasteiger partial charge is 0.357 e. The summed E-state index contributed by atoms with van der Waals surface area (Å²) in [7, 11) is 0. The topological polar surface area (TPSA) is 65.2 Å². The molecule has 3 rings (SSSR count). The fourth-order valence-corrected chi connectivity index (χ4v) is 2.55. The minimum Gasteiger partial charge on any atom is -0.357 e. The Balaban J connectivity index is 1.72. The molecule has 0 bridgehead atoms. The molecule has 2 heterocycles. The van der Waals surface area contributed by atoms with E-state index in [0.29, 0.717) is 24.3 Å². The zero-order chi connectivity index (χ0) is 15.7. The van der Waals surface area contributed by atoms with Crippen molar-refractivity contribution in [1.82, 2.24) is 10.3 Å². The Hall–Kier alpha value is -2.34. The van der Waals surface area contributed by atoms with Crippen molar-refractivity contribution in [2.45, 2.75) is 12.5 Å². The van der Waals surface area contributed by atoms with Gasteiger partial charge in [-0.3, -0.25) is 9.59 Å². The summed E-state index contributed by atoms with van der Waals surface area (Å²) in [5.74, 6) is -1.18. The Morgan fingerprint density at radius 3 is 2.91 bits per heavy atom. The number of amides is 2. The number of benzene rings is 1. The highest BCUT2D eigenvalue weighted by Crippen LogP contribution is 2.25. The van der Waals surface area contributed by atoms with Crippen molar-refractivity contribution in [3.05, 3.63) is 53.1 Å². The van der Waals surface area contributed by atoms with Crippen LogP contribution < -0.4 is 10.2 Å². The van der Waals surface area contributed by atoms with Gasteiger partial charge >= 0.3 is 0 Å². The molecule has 7 heteroatoms. The van der Waals surface area contributed by atoms with Crippen LogP contribution in [0.25, 0.3) is 0 Å². The predicted octanol–water partition coefficient (Wildman–Crippen LogP) is 2.34. The highest BCUT2D eigenvalue weighted by Gasteiger charge is 2.34. The Morgan fingerprint density at radius 1 is 1.41 bits per heavy atom. The van der Waals surface area contributed by atoms with E-state index in [0.717, 1.165) is 0 Å². The minimum atomic E-state index is -0.616. The van der Waals surface area contributed by atoms with Gasteiger partial charge in [0.25, 0.3) is 5.91 Å². The van der Waals surface area contributed by atoms with Crippen molar-refractivity contribution in [3.63, 3.8) is 0 Å². The molecule has 114 valence electrons. The molecule has 0 aliphatic carbocycles. The lowest BCUT2D eigenvalue weighted by atomic mass is 10.2. The normalized spacial score (nSPS) is 17.8. The maximum atomic E-state index is 13.5. The number of hydrogen-bond acceptors (Lipinski definition) is 2. The highest BCUT2D eigenvalue weighted by molar-refractivity contribution is 6.30. The average molecular weight is 322 g/mol. The van der Waals surface area contributed by atoms with E-state index in [1.54, 1.807) is 24.4 Å². The number of aromatic nitrogens is 1. The third-order valence-electron chi connectivity index (χ3n) is 3.57. The van der Waals surface area contributed by atoms with E-state index in [-0.39, 0.29) is 16.8 Å². The van der Waals surface area contributed by atoms with Crippen molar-refractivity contribution < 1.29 is 14.0 Å². The van der Waals surface area contributed by atoms with Crippen LogP contribution in [0.15, 0.2) is 36.5 Å². The second-order valence-electron chi connectivity index (χ2n) is 4.99. The zero-order valence-corrected chi connectivity index (χ0v) is 12.2. The first-order chi connectivity index (χ1) is 10.6. The molecule has 1 fully saturated rings. The Kier molecular flexibility index (Phi) is 3.85. The van der Waals surface area contributed by atoms with Gasteiger partial charge < -0.3 is 15.2 Å². The molecule has 5 nitrogen and oxygen atoms in total. The molecule has 1 atom stereocenters. The summed E-state index contributed by atoms with van der Waals surface area (Å²) in [4.78, 5) is 28.5. The molecule has 1 aliphatic rings. The smallest absolute Gasteiger partial charge is 0.268 e. The molecule has 2 aromatic rings. The molecule has 1 aromatic heterocycles. The lowest BCUT2D eigenvalue weighted by Crippen LogP contribution is -2.41. The fourth-order valence-electron chi connectivity index (χ4n) is 2.43. The molecule has 0 unspecified atom stereocenters. The quantitative estimate of drug-likeness (QED) is 0.911. The Labute approximate surface area is 131 Å². The van der Waals surface area contributed by atoms with Crippen LogP contribution in [0.2, 0.25) is 5.02 Å². The third-order valence-corrected chi connectivity index (χ3v) is 3.87. The summed E-state index contributed by atoms with van der Waals surface area (Å²) < 4.78 is 13.5. The van der Waals surface area contributed by atoms with E-state index in [1.807, 2.05) is 0 Å². The van der Waals surface area contributed by atoms with Crippen LogP contribution in [0.4, 0.5) is 10.1 Å². The standard InChI is InChI=1S/C15H13ClFN3O2/c16-10-4-3-9(8-11(10)17)20-7-5-13(15(20)22)19-14(21)12-2-1-6-18-12/h1-4,6,8,13,18H,5,7H2,(H,19,21)/t13-/m0/s1. The number of aromatic amines is 1. The number of anilines is 1. The van der Waals surface area contributed by atoms with E-state index in [2.05, 4.69) is 10.3 Å². The maximum absolute atomic E-state index is 13.5. The van der Waals surface area contributed by atoms with Gasteiger partial charge in [0, 0.05) is 18.4 Å². The SMILES string of the molecule is O=C(N[C@H]1CCN(c2ccc(Cl)c(F)c2)C1=O)c1ccc[nH]1. The third kappa shape index (κ3) is 2.69. The van der Waals surface area contributed by atoms with Gasteiger partial charge in [0.1, 0.15) is 17.6 Å². The van der Waals surface area contributed by atoms with Gasteiger partial charge in [-0.15, -0.1) is 0 Å². The summed E-state index contributed by atoms with van der Waals surface area (Å²) in [5, 5.41) is 2.68. The van der Waals surface area contributed by atoms with E-state index in [4.69, 9.17) is 11.6 Å². The van der Waals surface area contributed by atoms with Gasteiger partial charge in [0.05, 0.1) is 5.02 Å². The van der Waals surface area contributed by atoms with Crippen molar-refractivity contribution in [2.75, 3.05) is 11.4 Å². The van der Waals surface area contributed by atoms with E-state index >= 15 is 0 Å². The first-order valence-corrected chi connectivity index (χ1v) is 7.15. The summed E-state index contributed by atoms with van der Waals surface area (Å²) in [6.45, 7) is 0.412. The monoisotopic (exact) mass is 321 g/mol. The molecular formula is C15H13ClFN3O2. The maximum Gasteiger partial charge on any atom is 0.268 e. The molecule has 2 N–H and O–H groups in total. The summed E-state index contributed by atoms with van der Waals surface area (Å²) in [6, 6.07) is 6.92. The van der Waals surface area contributed by atoms with Gasteiger partial charge in [-0.1, -0.05) is 11.6 Å². The number of carbonyl (C=O) groups excluding carboxylic acids is 2. The van der Waals surface area contributed by atoms with Gasteiger partial charge in [-0.25, -0.2) is 4.39 Å². The lowest BCUT2D eigenvalue weighted by molar-refractivity contribution is -0.118. The van der Waals surface area contributed by atoms with Gasteiger partial charge in [-0.2, -0.15) is 0 Å². The van der Waals surface area contributed by atoms with Crippen molar-refractivity contribution in [1.29, 1.82) is 0 Å². The fraction of sp³-hybridized carbons (Fsp3) is 0.200. The first-order valence-electron chi connectivity index (χ1n) is 6.77. The number of H-pyrrole nitrogens is 1. The number of nitrogens with zero attached hydrogens (tertiary/aromatic N) is 1. The molecule has 0 radical (unpaired) electrons. The number of halogens is 2. The van der Waals surface area contributed by atoms with Gasteiger partial charge in [0.2, 0.25) is 5.91 Å². The van der Waals surface area contributed by atoms with Crippen molar-refractivity contribution in [3.8, 4) is 0 Å². The molecule has 2 amide bonds. The van der Waals surface area contributed by atoms with Gasteiger partial charge in [-0.05, 0) is 36.8 Å². The average Bonchev–Trinajstić information content (AvgIpc) is 3.13. The predicted molar refractivity (Wildman–Crippen MR) is 80.4 cm³/mol. The van der Waals surface area contributed by atoms with Crippen molar-refractivity contribution >= 4 is 29.1 Å². The number of carbonyl (C=O) groups is 2. The van der Waals surface area contributed by atoms with Crippen LogP contribution >= 0.6 is 11.6 Å². The van der Waals surface area contributed by atoms with Crippen LogP contribution in [0.5, 0.6) is 0 Å². The Bertz CT molecular complexity index is 718. The molecule has 0 spiro atoms. The number of rotatable bonds is 3. The number of nitrogens with one attached hydrogen (secondary N) is 2. The number of hydrogen-bond donors (Lipinski definition) is 2. The minimum absolute atomic E-state index is 0.00648. The summed E-state index contributed by atoms with van der Waals surface area (Å²) in [5.41, 5.74) is 0.826. The first kappa shape index (κ1) is 14.6. The molecular weight excluding hydrogens is 309 g/mol. The van der Waals surface area contributed by atoms with Crippen molar-refractivity contribution in [2.24, 2.45) is 0 Å². The summed E-state index contributed by atoms with van der Waals surface area (Å²) in [6.07, 6.45) is 2.10. The summed E-state index contributed by atoms with van der Waals surface area (Å²) >= 11 is 5.64. The Morgan fingerprint density at radius 2 is 2.23 bits per heavy atom. The van der Waals surface area contributed by atoms with Gasteiger partial charge in [0.15, 0.2) is 0 Å².